The predicted molar refractivity (Wildman–Crippen MR) is 161 cm³/mol. The second kappa shape index (κ2) is 12.6. The number of fused-ring (bicyclic) bond motifs is 1. The highest BCUT2D eigenvalue weighted by Crippen LogP contribution is 2.37. The first-order valence-corrected chi connectivity index (χ1v) is 18.9. The molecule has 0 aliphatic heterocycles. The number of rotatable bonds is 10. The van der Waals surface area contributed by atoms with E-state index in [4.69, 9.17) is 4.43 Å². The van der Waals surface area contributed by atoms with Gasteiger partial charge in [-0.05, 0) is 82.1 Å². The number of carbonyl (C=O) groups excluding carboxylic acids is 1. The number of nitrogens with one attached hydrogen (secondary N) is 1. The van der Waals surface area contributed by atoms with E-state index in [9.17, 15) is 13.2 Å². The van der Waals surface area contributed by atoms with Crippen molar-refractivity contribution in [2.75, 3.05) is 5.75 Å². The zero-order chi connectivity index (χ0) is 28.1. The molecule has 1 saturated carbocycles. The molecule has 210 valence electrons. The summed E-state index contributed by atoms with van der Waals surface area (Å²) in [5.41, 5.74) is 1.59. The molecule has 0 bridgehead atoms. The van der Waals surface area contributed by atoms with Crippen LogP contribution in [0.5, 0.6) is 0 Å². The SMILES string of the molecule is C/C(=C\CC1CCC(NC(=O)/C=C\[C@H](C)O[Si](C)(C)C(C)(C)C)CC1)CS(=O)(=O)c1nc2ccccc2s1. The zero-order valence-corrected chi connectivity index (χ0v) is 26.5. The molecule has 3 rings (SSSR count). The molecule has 0 unspecified atom stereocenters. The van der Waals surface area contributed by atoms with Gasteiger partial charge in [0.2, 0.25) is 20.1 Å². The molecule has 38 heavy (non-hydrogen) atoms. The fourth-order valence-electron chi connectivity index (χ4n) is 4.47. The minimum Gasteiger partial charge on any atom is -0.411 e. The monoisotopic (exact) mass is 576 g/mol. The van der Waals surface area contributed by atoms with Crippen LogP contribution in [0.25, 0.3) is 10.2 Å². The number of hydrogen-bond donors (Lipinski definition) is 1. The van der Waals surface area contributed by atoms with Gasteiger partial charge in [0.15, 0.2) is 8.32 Å². The number of nitrogens with zero attached hydrogens (tertiary/aromatic N) is 1. The summed E-state index contributed by atoms with van der Waals surface area (Å²) in [5, 5.41) is 3.28. The van der Waals surface area contributed by atoms with E-state index in [0.29, 0.717) is 5.92 Å². The Morgan fingerprint density at radius 2 is 1.87 bits per heavy atom. The molecule has 1 aromatic carbocycles. The fourth-order valence-corrected chi connectivity index (χ4v) is 8.56. The van der Waals surface area contributed by atoms with Crippen LogP contribution in [0.2, 0.25) is 18.1 Å². The van der Waals surface area contributed by atoms with Crippen molar-refractivity contribution in [1.82, 2.24) is 10.3 Å². The molecule has 9 heteroatoms. The van der Waals surface area contributed by atoms with E-state index in [0.717, 1.165) is 47.9 Å². The topological polar surface area (TPSA) is 85.4 Å². The van der Waals surface area contributed by atoms with Gasteiger partial charge in [-0.25, -0.2) is 13.4 Å². The van der Waals surface area contributed by atoms with Crippen molar-refractivity contribution >= 4 is 45.6 Å². The number of allylic oxidation sites excluding steroid dienone is 1. The third kappa shape index (κ3) is 8.60. The predicted octanol–water partition coefficient (Wildman–Crippen LogP) is 7.05. The van der Waals surface area contributed by atoms with Crippen molar-refractivity contribution < 1.29 is 17.6 Å². The number of hydrogen-bond acceptors (Lipinski definition) is 6. The number of para-hydroxylation sites is 1. The van der Waals surface area contributed by atoms with Crippen LogP contribution in [0.3, 0.4) is 0 Å². The quantitative estimate of drug-likeness (QED) is 0.186. The van der Waals surface area contributed by atoms with E-state index in [1.165, 1.54) is 11.3 Å². The first-order valence-electron chi connectivity index (χ1n) is 13.6. The molecule has 1 aliphatic carbocycles. The molecular weight excluding hydrogens is 533 g/mol. The summed E-state index contributed by atoms with van der Waals surface area (Å²) < 4.78 is 33.1. The lowest BCUT2D eigenvalue weighted by atomic mass is 9.84. The number of sulfone groups is 1. The average Bonchev–Trinajstić information content (AvgIpc) is 3.27. The number of carbonyl (C=O) groups is 1. The van der Waals surface area contributed by atoms with Crippen LogP contribution in [-0.2, 0) is 19.1 Å². The average molecular weight is 577 g/mol. The van der Waals surface area contributed by atoms with Crippen molar-refractivity contribution in [1.29, 1.82) is 0 Å². The van der Waals surface area contributed by atoms with Crippen molar-refractivity contribution in [2.45, 2.75) is 101 Å². The summed E-state index contributed by atoms with van der Waals surface area (Å²) in [6, 6.07) is 7.69. The summed E-state index contributed by atoms with van der Waals surface area (Å²) in [4.78, 5) is 16.8. The maximum atomic E-state index is 12.9. The summed E-state index contributed by atoms with van der Waals surface area (Å²) >= 11 is 1.23. The summed E-state index contributed by atoms with van der Waals surface area (Å²) in [7, 11) is -5.32. The lowest BCUT2D eigenvalue weighted by molar-refractivity contribution is -0.117. The normalized spacial score (nSPS) is 20.7. The van der Waals surface area contributed by atoms with E-state index >= 15 is 0 Å². The van der Waals surface area contributed by atoms with Gasteiger partial charge < -0.3 is 9.74 Å². The van der Waals surface area contributed by atoms with E-state index < -0.39 is 18.2 Å². The minimum atomic E-state index is -3.45. The molecule has 1 atom stereocenters. The Morgan fingerprint density at radius 3 is 2.50 bits per heavy atom. The van der Waals surface area contributed by atoms with Gasteiger partial charge >= 0.3 is 0 Å². The molecule has 1 heterocycles. The largest absolute Gasteiger partial charge is 0.411 e. The molecule has 1 amide bonds. The van der Waals surface area contributed by atoms with Crippen LogP contribution < -0.4 is 5.32 Å². The highest BCUT2D eigenvalue weighted by atomic mass is 32.2. The first kappa shape index (κ1) is 30.7. The molecular formula is C29H44N2O4S2Si. The van der Waals surface area contributed by atoms with Crippen LogP contribution in [0.15, 0.2) is 52.4 Å². The number of amides is 1. The molecule has 1 N–H and O–H groups in total. The summed E-state index contributed by atoms with van der Waals surface area (Å²) in [6.07, 6.45) is 10.2. The molecule has 1 fully saturated rings. The van der Waals surface area contributed by atoms with Crippen LogP contribution in [0, 0.1) is 5.92 Å². The van der Waals surface area contributed by atoms with Gasteiger partial charge in [-0.2, -0.15) is 0 Å². The molecule has 0 saturated heterocycles. The minimum absolute atomic E-state index is 0.00210. The molecule has 1 aliphatic rings. The van der Waals surface area contributed by atoms with Gasteiger partial charge in [0.1, 0.15) is 0 Å². The maximum Gasteiger partial charge on any atom is 0.243 e. The Bertz CT molecular complexity index is 1230. The Hall–Kier alpha value is -1.81. The van der Waals surface area contributed by atoms with Gasteiger partial charge in [0.25, 0.3) is 0 Å². The van der Waals surface area contributed by atoms with Crippen LogP contribution in [-0.4, -0.2) is 45.5 Å². The lowest BCUT2D eigenvalue weighted by Crippen LogP contribution is -2.43. The van der Waals surface area contributed by atoms with Crippen LogP contribution in [0.4, 0.5) is 0 Å². The van der Waals surface area contributed by atoms with Gasteiger partial charge in [0.05, 0.1) is 22.1 Å². The molecule has 0 spiro atoms. The summed E-state index contributed by atoms with van der Waals surface area (Å²) in [5.74, 6) is 0.453. The second-order valence-electron chi connectivity index (χ2n) is 12.2. The smallest absolute Gasteiger partial charge is 0.243 e. The lowest BCUT2D eigenvalue weighted by Gasteiger charge is -2.37. The highest BCUT2D eigenvalue weighted by Gasteiger charge is 2.38. The number of aromatic nitrogens is 1. The maximum absolute atomic E-state index is 12.9. The van der Waals surface area contributed by atoms with Gasteiger partial charge in [-0.1, -0.05) is 50.6 Å². The molecule has 2 aromatic rings. The standard InChI is InChI=1S/C29H44N2O4S2Si/c1-21(20-37(33,34)28-31-25-10-8-9-11-26(25)36-28)12-14-23-15-17-24(18-16-23)30-27(32)19-13-22(2)35-38(6,7)29(3,4)5/h8-13,19,22-24H,14-18,20H2,1-7H3,(H,30,32)/b19-13-,21-12+/t22-,23?,24?/m0/s1. The Labute approximate surface area is 234 Å². The Balaban J connectivity index is 1.42. The van der Waals surface area contributed by atoms with Gasteiger partial charge in [-0.15, -0.1) is 11.3 Å². The third-order valence-corrected chi connectivity index (χ3v) is 15.6. The Kier molecular flexibility index (Phi) is 10.2. The van der Waals surface area contributed by atoms with Crippen molar-refractivity contribution in [3.63, 3.8) is 0 Å². The Morgan fingerprint density at radius 1 is 1.21 bits per heavy atom. The molecule has 0 radical (unpaired) electrons. The van der Waals surface area contributed by atoms with Crippen LogP contribution in [0.1, 0.15) is 66.7 Å². The fraction of sp³-hybridized carbons (Fsp3) is 0.586. The third-order valence-electron chi connectivity index (χ3n) is 7.76. The van der Waals surface area contributed by atoms with Crippen LogP contribution >= 0.6 is 11.3 Å². The van der Waals surface area contributed by atoms with Crippen molar-refractivity contribution in [3.8, 4) is 0 Å². The zero-order valence-electron chi connectivity index (χ0n) is 23.9. The van der Waals surface area contributed by atoms with Crippen molar-refractivity contribution in [3.05, 3.63) is 48.1 Å². The molecule has 6 nitrogen and oxygen atoms in total. The highest BCUT2D eigenvalue weighted by molar-refractivity contribution is 7.93. The number of thiazole rings is 1. The van der Waals surface area contributed by atoms with E-state index in [1.807, 2.05) is 44.2 Å². The number of benzene rings is 1. The molecule has 1 aromatic heterocycles. The summed E-state index contributed by atoms with van der Waals surface area (Å²) in [6.45, 7) is 14.9. The van der Waals surface area contributed by atoms with E-state index in [1.54, 1.807) is 6.08 Å². The van der Waals surface area contributed by atoms with Gasteiger partial charge in [0, 0.05) is 12.1 Å². The van der Waals surface area contributed by atoms with Gasteiger partial charge in [-0.3, -0.25) is 4.79 Å². The van der Waals surface area contributed by atoms with Crippen molar-refractivity contribution in [2.24, 2.45) is 5.92 Å². The van der Waals surface area contributed by atoms with E-state index in [-0.39, 0.29) is 33.2 Å². The first-order chi connectivity index (χ1) is 17.7. The van der Waals surface area contributed by atoms with E-state index in [2.05, 4.69) is 50.2 Å². The second-order valence-corrected chi connectivity index (χ2v) is 20.1.